The van der Waals surface area contributed by atoms with Gasteiger partial charge in [0.1, 0.15) is 23.3 Å². The van der Waals surface area contributed by atoms with E-state index in [1.165, 1.54) is 6.92 Å². The minimum absolute atomic E-state index is 0.0461. The van der Waals surface area contributed by atoms with E-state index in [9.17, 15) is 4.79 Å². The van der Waals surface area contributed by atoms with Crippen LogP contribution in [0.1, 0.15) is 24.5 Å². The molecule has 0 unspecified atom stereocenters. The van der Waals surface area contributed by atoms with Gasteiger partial charge in [0.25, 0.3) is 0 Å². The number of carbonyl (C=O) groups excluding carboxylic acids is 1. The van der Waals surface area contributed by atoms with Crippen LogP contribution in [-0.2, 0) is 11.8 Å². The molecule has 1 aromatic carbocycles. The molecule has 1 aliphatic rings. The minimum Gasteiger partial charge on any atom is -0.355 e. The molecular weight excluding hydrogens is 328 g/mol. The monoisotopic (exact) mass is 350 g/mol. The van der Waals surface area contributed by atoms with Gasteiger partial charge in [-0.1, -0.05) is 12.1 Å². The standard InChI is InChI=1S/C19H22N6O/c1-12-20-17(23(3)13(2)26)9-18(21-12)25-10-14(11-25)19-22-15-7-5-6-8-16(15)24(19)4/h5-9,14H,10-11H2,1-4H3. The second-order valence-corrected chi connectivity index (χ2v) is 6.83. The van der Waals surface area contributed by atoms with E-state index in [4.69, 9.17) is 4.98 Å². The molecule has 0 saturated carbocycles. The molecule has 3 aromatic rings. The van der Waals surface area contributed by atoms with E-state index < -0.39 is 0 Å². The molecule has 134 valence electrons. The summed E-state index contributed by atoms with van der Waals surface area (Å²) in [5, 5.41) is 0. The SMILES string of the molecule is CC(=O)N(C)c1cc(N2CC(c3nc4ccccc4n3C)C2)nc(C)n1. The van der Waals surface area contributed by atoms with Crippen LogP contribution in [0.25, 0.3) is 11.0 Å². The molecule has 1 saturated heterocycles. The number of aromatic nitrogens is 4. The van der Waals surface area contributed by atoms with Gasteiger partial charge < -0.3 is 14.4 Å². The molecule has 0 aliphatic carbocycles. The summed E-state index contributed by atoms with van der Waals surface area (Å²) >= 11 is 0. The Balaban J connectivity index is 1.56. The normalized spacial score (nSPS) is 14.5. The van der Waals surface area contributed by atoms with Crippen LogP contribution in [0.15, 0.2) is 30.3 Å². The first-order valence-electron chi connectivity index (χ1n) is 8.70. The Morgan fingerprint density at radius 3 is 2.62 bits per heavy atom. The summed E-state index contributed by atoms with van der Waals surface area (Å²) in [5.74, 6) is 3.58. The van der Waals surface area contributed by atoms with Gasteiger partial charge in [0.05, 0.1) is 17.0 Å². The lowest BCUT2D eigenvalue weighted by molar-refractivity contribution is -0.116. The van der Waals surface area contributed by atoms with E-state index in [1.54, 1.807) is 11.9 Å². The molecule has 0 bridgehead atoms. The molecule has 3 heterocycles. The highest BCUT2D eigenvalue weighted by atomic mass is 16.2. The van der Waals surface area contributed by atoms with Crippen LogP contribution in [0, 0.1) is 6.92 Å². The van der Waals surface area contributed by atoms with Gasteiger partial charge in [-0.3, -0.25) is 4.79 Å². The Bertz CT molecular complexity index is 989. The maximum atomic E-state index is 11.6. The summed E-state index contributed by atoms with van der Waals surface area (Å²) in [6.45, 7) is 5.10. The van der Waals surface area contributed by atoms with Gasteiger partial charge in [0.15, 0.2) is 0 Å². The number of para-hydroxylation sites is 2. The number of rotatable bonds is 3. The van der Waals surface area contributed by atoms with Crippen LogP contribution < -0.4 is 9.80 Å². The van der Waals surface area contributed by atoms with Gasteiger partial charge in [-0.15, -0.1) is 0 Å². The minimum atomic E-state index is -0.0461. The van der Waals surface area contributed by atoms with Gasteiger partial charge in [0, 0.05) is 40.2 Å². The number of imidazole rings is 1. The van der Waals surface area contributed by atoms with E-state index in [0.29, 0.717) is 17.6 Å². The molecule has 0 spiro atoms. The van der Waals surface area contributed by atoms with Gasteiger partial charge >= 0.3 is 0 Å². The van der Waals surface area contributed by atoms with Crippen molar-refractivity contribution in [2.24, 2.45) is 7.05 Å². The topological polar surface area (TPSA) is 67.2 Å². The highest BCUT2D eigenvalue weighted by molar-refractivity contribution is 5.90. The average Bonchev–Trinajstić information content (AvgIpc) is 2.89. The number of anilines is 2. The third-order valence-corrected chi connectivity index (χ3v) is 5.02. The predicted octanol–water partition coefficient (Wildman–Crippen LogP) is 2.26. The predicted molar refractivity (Wildman–Crippen MR) is 102 cm³/mol. The largest absolute Gasteiger partial charge is 0.355 e. The molecule has 26 heavy (non-hydrogen) atoms. The van der Waals surface area contributed by atoms with Gasteiger partial charge in [-0.25, -0.2) is 15.0 Å². The van der Waals surface area contributed by atoms with Crippen molar-refractivity contribution in [2.75, 3.05) is 29.9 Å². The Morgan fingerprint density at radius 1 is 1.19 bits per heavy atom. The van der Waals surface area contributed by atoms with Gasteiger partial charge in [-0.2, -0.15) is 0 Å². The smallest absolute Gasteiger partial charge is 0.224 e. The van der Waals surface area contributed by atoms with E-state index in [-0.39, 0.29) is 5.91 Å². The molecule has 0 atom stereocenters. The van der Waals surface area contributed by atoms with Crippen molar-refractivity contribution in [1.82, 2.24) is 19.5 Å². The Morgan fingerprint density at radius 2 is 1.92 bits per heavy atom. The molecule has 4 rings (SSSR count). The van der Waals surface area contributed by atoms with Crippen molar-refractivity contribution in [2.45, 2.75) is 19.8 Å². The maximum Gasteiger partial charge on any atom is 0.224 e. The number of hydrogen-bond donors (Lipinski definition) is 0. The number of aryl methyl sites for hydroxylation is 2. The number of amides is 1. The molecule has 7 nitrogen and oxygen atoms in total. The fourth-order valence-corrected chi connectivity index (χ4v) is 3.39. The van der Waals surface area contributed by atoms with Crippen molar-refractivity contribution in [3.63, 3.8) is 0 Å². The van der Waals surface area contributed by atoms with Crippen LogP contribution >= 0.6 is 0 Å². The first kappa shape index (κ1) is 16.5. The summed E-state index contributed by atoms with van der Waals surface area (Å²) in [7, 11) is 3.80. The zero-order chi connectivity index (χ0) is 18.4. The van der Waals surface area contributed by atoms with Crippen LogP contribution in [0.2, 0.25) is 0 Å². The molecule has 1 amide bonds. The fourth-order valence-electron chi connectivity index (χ4n) is 3.39. The lowest BCUT2D eigenvalue weighted by Gasteiger charge is -2.40. The van der Waals surface area contributed by atoms with Crippen molar-refractivity contribution in [3.8, 4) is 0 Å². The fraction of sp³-hybridized carbons (Fsp3) is 0.368. The Labute approximate surface area is 152 Å². The summed E-state index contributed by atoms with van der Waals surface area (Å²) in [6.07, 6.45) is 0. The first-order valence-corrected chi connectivity index (χ1v) is 8.70. The number of nitrogens with zero attached hydrogens (tertiary/aromatic N) is 6. The van der Waals surface area contributed by atoms with Gasteiger partial charge in [-0.05, 0) is 19.1 Å². The molecular formula is C19H22N6O. The molecule has 7 heteroatoms. The highest BCUT2D eigenvalue weighted by Gasteiger charge is 2.33. The summed E-state index contributed by atoms with van der Waals surface area (Å²) < 4.78 is 2.18. The van der Waals surface area contributed by atoms with Gasteiger partial charge in [0.2, 0.25) is 5.91 Å². The van der Waals surface area contributed by atoms with E-state index in [0.717, 1.165) is 35.8 Å². The Kier molecular flexibility index (Phi) is 3.86. The van der Waals surface area contributed by atoms with Crippen molar-refractivity contribution < 1.29 is 4.79 Å². The molecule has 0 N–H and O–H groups in total. The second kappa shape index (κ2) is 6.09. The summed E-state index contributed by atoms with van der Waals surface area (Å²) in [5.41, 5.74) is 2.19. The number of benzene rings is 1. The lowest BCUT2D eigenvalue weighted by atomic mass is 9.99. The Hall–Kier alpha value is -2.96. The van der Waals surface area contributed by atoms with Crippen LogP contribution in [0.3, 0.4) is 0 Å². The van der Waals surface area contributed by atoms with Crippen LogP contribution in [0.4, 0.5) is 11.6 Å². The van der Waals surface area contributed by atoms with E-state index in [1.807, 2.05) is 31.2 Å². The van der Waals surface area contributed by atoms with Crippen molar-refractivity contribution >= 4 is 28.6 Å². The third kappa shape index (κ3) is 2.69. The second-order valence-electron chi connectivity index (χ2n) is 6.83. The number of fused-ring (bicyclic) bond motifs is 1. The zero-order valence-electron chi connectivity index (χ0n) is 15.5. The average molecular weight is 350 g/mol. The highest BCUT2D eigenvalue weighted by Crippen LogP contribution is 2.32. The quantitative estimate of drug-likeness (QED) is 0.725. The first-order chi connectivity index (χ1) is 12.4. The lowest BCUT2D eigenvalue weighted by Crippen LogP contribution is -2.46. The van der Waals surface area contributed by atoms with Crippen LogP contribution in [-0.4, -0.2) is 45.6 Å². The molecule has 0 radical (unpaired) electrons. The molecule has 1 aliphatic heterocycles. The van der Waals surface area contributed by atoms with Crippen molar-refractivity contribution in [3.05, 3.63) is 42.0 Å². The zero-order valence-corrected chi connectivity index (χ0v) is 15.5. The molecule has 1 fully saturated rings. The van der Waals surface area contributed by atoms with E-state index in [2.05, 4.69) is 32.5 Å². The third-order valence-electron chi connectivity index (χ3n) is 5.02. The summed E-state index contributed by atoms with van der Waals surface area (Å²) in [4.78, 5) is 29.1. The summed E-state index contributed by atoms with van der Waals surface area (Å²) in [6, 6.07) is 10.1. The van der Waals surface area contributed by atoms with Crippen molar-refractivity contribution in [1.29, 1.82) is 0 Å². The molecule has 2 aromatic heterocycles. The van der Waals surface area contributed by atoms with Crippen LogP contribution in [0.5, 0.6) is 0 Å². The maximum absolute atomic E-state index is 11.6. The number of hydrogen-bond acceptors (Lipinski definition) is 5. The van der Waals surface area contributed by atoms with E-state index >= 15 is 0 Å². The number of carbonyl (C=O) groups is 1.